The van der Waals surface area contributed by atoms with Crippen LogP contribution in [0.1, 0.15) is 31.9 Å². The summed E-state index contributed by atoms with van der Waals surface area (Å²) in [6.07, 6.45) is 2.04. The van der Waals surface area contributed by atoms with Crippen LogP contribution in [0, 0.1) is 30.1 Å². The first-order valence-corrected chi connectivity index (χ1v) is 8.38. The molecule has 0 aromatic carbocycles. The Hall–Kier alpha value is -1.59. The van der Waals surface area contributed by atoms with Gasteiger partial charge in [0, 0.05) is 32.6 Å². The minimum Gasteiger partial charge on any atom is -0.338 e. The maximum atomic E-state index is 12.3. The maximum Gasteiger partial charge on any atom is 0.317 e. The van der Waals surface area contributed by atoms with E-state index in [-0.39, 0.29) is 6.03 Å². The summed E-state index contributed by atoms with van der Waals surface area (Å²) in [5.74, 6) is 3.99. The zero-order valence-corrected chi connectivity index (χ0v) is 13.7. The van der Waals surface area contributed by atoms with Crippen molar-refractivity contribution >= 4 is 6.03 Å². The third-order valence-corrected chi connectivity index (χ3v) is 6.18. The van der Waals surface area contributed by atoms with Crippen molar-refractivity contribution in [2.75, 3.05) is 19.6 Å². The van der Waals surface area contributed by atoms with Crippen molar-refractivity contribution in [1.82, 2.24) is 25.0 Å². The minimum absolute atomic E-state index is 0.120. The first-order valence-electron chi connectivity index (χ1n) is 8.38. The summed E-state index contributed by atoms with van der Waals surface area (Å²) in [6.45, 7) is 10.2. The molecule has 3 unspecified atom stereocenters. The Kier molecular flexibility index (Phi) is 3.00. The summed E-state index contributed by atoms with van der Waals surface area (Å²) < 4.78 is 2.19. The lowest BCUT2D eigenvalue weighted by atomic mass is 9.99. The molecule has 0 bridgehead atoms. The van der Waals surface area contributed by atoms with E-state index in [1.165, 1.54) is 0 Å². The lowest BCUT2D eigenvalue weighted by Crippen LogP contribution is -2.43. The van der Waals surface area contributed by atoms with Crippen molar-refractivity contribution in [3.05, 3.63) is 11.6 Å². The first kappa shape index (κ1) is 14.0. The van der Waals surface area contributed by atoms with Gasteiger partial charge in [0.2, 0.25) is 0 Å². The van der Waals surface area contributed by atoms with Crippen LogP contribution in [-0.4, -0.2) is 45.3 Å². The number of piperidine rings is 1. The van der Waals surface area contributed by atoms with Crippen LogP contribution >= 0.6 is 0 Å². The molecular weight excluding hydrogens is 278 g/mol. The summed E-state index contributed by atoms with van der Waals surface area (Å²) in [4.78, 5) is 14.3. The Labute approximate surface area is 131 Å². The highest BCUT2D eigenvalue weighted by atomic mass is 16.2. The van der Waals surface area contributed by atoms with E-state index in [0.29, 0.717) is 11.3 Å². The summed E-state index contributed by atoms with van der Waals surface area (Å²) >= 11 is 0. The van der Waals surface area contributed by atoms with Crippen LogP contribution in [0.5, 0.6) is 0 Å². The molecule has 4 rings (SSSR count). The second-order valence-corrected chi connectivity index (χ2v) is 7.80. The van der Waals surface area contributed by atoms with E-state index >= 15 is 0 Å². The van der Waals surface area contributed by atoms with Gasteiger partial charge in [-0.25, -0.2) is 4.79 Å². The molecule has 1 saturated carbocycles. The largest absolute Gasteiger partial charge is 0.338 e. The van der Waals surface area contributed by atoms with Gasteiger partial charge >= 0.3 is 6.03 Å². The quantitative estimate of drug-likeness (QED) is 0.899. The summed E-state index contributed by atoms with van der Waals surface area (Å²) in [6, 6.07) is 0.120. The summed E-state index contributed by atoms with van der Waals surface area (Å²) in [5, 5.41) is 11.5. The highest BCUT2D eigenvalue weighted by Gasteiger charge is 2.62. The fraction of sp³-hybridized carbons (Fsp3) is 0.812. The Morgan fingerprint density at radius 2 is 2.00 bits per heavy atom. The Morgan fingerprint density at radius 3 is 2.73 bits per heavy atom. The molecule has 2 fully saturated rings. The number of hydrogen-bond acceptors (Lipinski definition) is 3. The fourth-order valence-corrected chi connectivity index (χ4v) is 4.34. The molecule has 6 heteroatoms. The number of hydrogen-bond donors (Lipinski definition) is 1. The van der Waals surface area contributed by atoms with Crippen LogP contribution in [-0.2, 0) is 13.0 Å². The molecule has 3 aliphatic rings. The molecule has 0 spiro atoms. The highest BCUT2D eigenvalue weighted by Crippen LogP contribution is 2.61. The molecular formula is C16H25N5O. The molecule has 2 aliphatic heterocycles. The van der Waals surface area contributed by atoms with Crippen LogP contribution in [0.15, 0.2) is 0 Å². The summed E-state index contributed by atoms with van der Waals surface area (Å²) in [7, 11) is 0. The van der Waals surface area contributed by atoms with Crippen LogP contribution in [0.3, 0.4) is 0 Å². The Balaban J connectivity index is 1.28. The Bertz CT molecular complexity index is 594. The normalized spacial score (nSPS) is 31.6. The van der Waals surface area contributed by atoms with Gasteiger partial charge in [0.1, 0.15) is 11.6 Å². The van der Waals surface area contributed by atoms with Crippen molar-refractivity contribution < 1.29 is 4.79 Å². The van der Waals surface area contributed by atoms with E-state index in [0.717, 1.165) is 62.5 Å². The second-order valence-electron chi connectivity index (χ2n) is 7.80. The number of carbonyl (C=O) groups excluding carboxylic acids is 1. The van der Waals surface area contributed by atoms with Gasteiger partial charge in [-0.2, -0.15) is 0 Å². The standard InChI is InChI=1S/C16H25N5O/c1-10-18-19-14-5-4-11(7-21(10)14)6-17-15(22)20-8-12-13(9-20)16(12,2)3/h11-13H,4-9H2,1-3H3,(H,17,22). The predicted molar refractivity (Wildman–Crippen MR) is 82.3 cm³/mol. The average Bonchev–Trinajstić information content (AvgIpc) is 2.93. The average molecular weight is 303 g/mol. The molecule has 0 radical (unpaired) electrons. The molecule has 1 N–H and O–H groups in total. The predicted octanol–water partition coefficient (Wildman–Crippen LogP) is 1.45. The van der Waals surface area contributed by atoms with Gasteiger partial charge in [0.25, 0.3) is 0 Å². The van der Waals surface area contributed by atoms with Crippen LogP contribution in [0.4, 0.5) is 4.79 Å². The SMILES string of the molecule is Cc1nnc2n1CC(CNC(=O)N1CC3C(C1)C3(C)C)CC2. The number of carbonyl (C=O) groups is 1. The third-order valence-electron chi connectivity index (χ3n) is 6.18. The number of aryl methyl sites for hydroxylation is 2. The number of nitrogens with one attached hydrogen (secondary N) is 1. The van der Waals surface area contributed by atoms with Crippen LogP contribution in [0.25, 0.3) is 0 Å². The first-order chi connectivity index (χ1) is 10.5. The highest BCUT2D eigenvalue weighted by molar-refractivity contribution is 5.74. The second kappa shape index (κ2) is 4.70. The minimum atomic E-state index is 0.120. The smallest absolute Gasteiger partial charge is 0.317 e. The van der Waals surface area contributed by atoms with E-state index in [2.05, 4.69) is 33.9 Å². The lowest BCUT2D eigenvalue weighted by molar-refractivity contribution is 0.192. The molecule has 1 aliphatic carbocycles. The maximum absolute atomic E-state index is 12.3. The van der Waals surface area contributed by atoms with E-state index in [4.69, 9.17) is 0 Å². The molecule has 120 valence electrons. The van der Waals surface area contributed by atoms with Crippen molar-refractivity contribution in [2.24, 2.45) is 23.2 Å². The van der Waals surface area contributed by atoms with Gasteiger partial charge in [-0.15, -0.1) is 10.2 Å². The molecule has 3 heterocycles. The Morgan fingerprint density at radius 1 is 1.27 bits per heavy atom. The van der Waals surface area contributed by atoms with Gasteiger partial charge in [-0.1, -0.05) is 13.8 Å². The number of nitrogens with zero attached hydrogens (tertiary/aromatic N) is 4. The molecule has 3 atom stereocenters. The van der Waals surface area contributed by atoms with Crippen LogP contribution in [0.2, 0.25) is 0 Å². The van der Waals surface area contributed by atoms with Gasteiger partial charge in [-0.3, -0.25) is 0 Å². The number of fused-ring (bicyclic) bond motifs is 2. The van der Waals surface area contributed by atoms with E-state index in [1.807, 2.05) is 11.8 Å². The van der Waals surface area contributed by atoms with Gasteiger partial charge in [0.15, 0.2) is 0 Å². The third kappa shape index (κ3) is 2.11. The molecule has 22 heavy (non-hydrogen) atoms. The van der Waals surface area contributed by atoms with Crippen molar-refractivity contribution in [3.8, 4) is 0 Å². The van der Waals surface area contributed by atoms with Crippen molar-refractivity contribution in [1.29, 1.82) is 0 Å². The topological polar surface area (TPSA) is 63.1 Å². The zero-order chi connectivity index (χ0) is 15.5. The van der Waals surface area contributed by atoms with E-state index in [1.54, 1.807) is 0 Å². The van der Waals surface area contributed by atoms with Gasteiger partial charge in [0.05, 0.1) is 0 Å². The number of urea groups is 1. The molecule has 6 nitrogen and oxygen atoms in total. The van der Waals surface area contributed by atoms with E-state index in [9.17, 15) is 4.79 Å². The number of amides is 2. The number of aromatic nitrogens is 3. The molecule has 2 amide bonds. The van der Waals surface area contributed by atoms with Crippen molar-refractivity contribution in [3.63, 3.8) is 0 Å². The number of likely N-dealkylation sites (tertiary alicyclic amines) is 1. The fourth-order valence-electron chi connectivity index (χ4n) is 4.34. The van der Waals surface area contributed by atoms with E-state index < -0.39 is 0 Å². The number of rotatable bonds is 2. The molecule has 1 aromatic heterocycles. The molecule has 1 saturated heterocycles. The zero-order valence-electron chi connectivity index (χ0n) is 13.7. The summed E-state index contributed by atoms with van der Waals surface area (Å²) in [5.41, 5.74) is 0.461. The monoisotopic (exact) mass is 303 g/mol. The van der Waals surface area contributed by atoms with Crippen molar-refractivity contribution in [2.45, 2.75) is 40.2 Å². The lowest BCUT2D eigenvalue weighted by Gasteiger charge is -2.26. The van der Waals surface area contributed by atoms with Gasteiger partial charge in [-0.05, 0) is 36.5 Å². The molecule has 1 aromatic rings. The van der Waals surface area contributed by atoms with Gasteiger partial charge < -0.3 is 14.8 Å². The van der Waals surface area contributed by atoms with Crippen LogP contribution < -0.4 is 5.32 Å².